The smallest absolute Gasteiger partial charge is 0.321 e. The normalized spacial score (nSPS) is 15.4. The van der Waals surface area contributed by atoms with Crippen molar-refractivity contribution >= 4 is 29.2 Å². The maximum absolute atomic E-state index is 12.2. The lowest BCUT2D eigenvalue weighted by atomic mass is 9.97. The zero-order valence-electron chi connectivity index (χ0n) is 14.5. The number of carboxylic acid groups (broad SMARTS) is 1. The van der Waals surface area contributed by atoms with E-state index < -0.39 is 12.0 Å². The number of allylic oxidation sites excluding steroid dienone is 1. The quantitative estimate of drug-likeness (QED) is 0.611. The Bertz CT molecular complexity index is 658. The van der Waals surface area contributed by atoms with E-state index in [-0.39, 0.29) is 12.3 Å². The molecule has 0 saturated heterocycles. The van der Waals surface area contributed by atoms with Gasteiger partial charge in [-0.1, -0.05) is 29.3 Å². The second kappa shape index (κ2) is 9.59. The number of aliphatic carboxylic acids is 1. The third-order valence-corrected chi connectivity index (χ3v) is 4.86. The van der Waals surface area contributed by atoms with Crippen LogP contribution in [0.1, 0.15) is 44.1 Å². The van der Waals surface area contributed by atoms with E-state index >= 15 is 0 Å². The van der Waals surface area contributed by atoms with Crippen LogP contribution in [0.3, 0.4) is 0 Å². The van der Waals surface area contributed by atoms with Crippen molar-refractivity contribution in [2.24, 2.45) is 0 Å². The summed E-state index contributed by atoms with van der Waals surface area (Å²) in [7, 11) is 0. The molecule has 1 aromatic rings. The molecule has 0 saturated carbocycles. The summed E-state index contributed by atoms with van der Waals surface area (Å²) in [5.74, 6) is -1.36. The number of anilines is 1. The Hall–Kier alpha value is -1.85. The summed E-state index contributed by atoms with van der Waals surface area (Å²) in [4.78, 5) is 23.6. The maximum atomic E-state index is 12.2. The molecule has 6 heteroatoms. The van der Waals surface area contributed by atoms with Crippen molar-refractivity contribution in [3.63, 3.8) is 0 Å². The Labute approximate surface area is 153 Å². The third-order valence-electron chi connectivity index (χ3n) is 4.45. The number of amides is 1. The topological polar surface area (TPSA) is 78.4 Å². The summed E-state index contributed by atoms with van der Waals surface area (Å²) in [5, 5.41) is 15.6. The van der Waals surface area contributed by atoms with Crippen LogP contribution in [0.5, 0.6) is 0 Å². The maximum Gasteiger partial charge on any atom is 0.321 e. The standard InChI is InChI=1S/C19H25ClN2O3/c1-13-15(20)8-5-9-16(13)22-18(23)12-17(19(24)25)21-11-10-14-6-3-2-4-7-14/h5-6,8-9,17,21H,2-4,7,10-12H2,1H3,(H,22,23)(H,24,25). The van der Waals surface area contributed by atoms with Gasteiger partial charge in [-0.15, -0.1) is 0 Å². The van der Waals surface area contributed by atoms with Gasteiger partial charge >= 0.3 is 5.97 Å². The summed E-state index contributed by atoms with van der Waals surface area (Å²) in [6.45, 7) is 2.37. The molecule has 0 heterocycles. The molecule has 0 aliphatic heterocycles. The van der Waals surface area contributed by atoms with Gasteiger partial charge in [0.15, 0.2) is 0 Å². The van der Waals surface area contributed by atoms with Gasteiger partial charge in [0.1, 0.15) is 6.04 Å². The second-order valence-electron chi connectivity index (χ2n) is 6.37. The van der Waals surface area contributed by atoms with Gasteiger partial charge in [-0.3, -0.25) is 9.59 Å². The van der Waals surface area contributed by atoms with Crippen molar-refractivity contribution < 1.29 is 14.7 Å². The van der Waals surface area contributed by atoms with Gasteiger partial charge in [-0.2, -0.15) is 0 Å². The molecule has 1 unspecified atom stereocenters. The number of halogens is 1. The van der Waals surface area contributed by atoms with Gasteiger partial charge in [-0.05, 0) is 63.3 Å². The van der Waals surface area contributed by atoms with E-state index in [1.807, 2.05) is 6.92 Å². The van der Waals surface area contributed by atoms with Gasteiger partial charge in [0.25, 0.3) is 0 Å². The van der Waals surface area contributed by atoms with Crippen molar-refractivity contribution in [2.75, 3.05) is 11.9 Å². The molecular weight excluding hydrogens is 340 g/mol. The van der Waals surface area contributed by atoms with Gasteiger partial charge < -0.3 is 15.7 Å². The van der Waals surface area contributed by atoms with Gasteiger partial charge in [0, 0.05) is 10.7 Å². The minimum atomic E-state index is -1.02. The molecule has 3 N–H and O–H groups in total. The van der Waals surface area contributed by atoms with Crippen LogP contribution in [-0.4, -0.2) is 29.6 Å². The summed E-state index contributed by atoms with van der Waals surface area (Å²) in [6.07, 6.45) is 7.59. The van der Waals surface area contributed by atoms with Gasteiger partial charge in [0.05, 0.1) is 6.42 Å². The average Bonchev–Trinajstić information content (AvgIpc) is 2.59. The SMILES string of the molecule is Cc1c(Cl)cccc1NC(=O)CC(NCCC1=CCCCC1)C(=O)O. The molecule has 0 radical (unpaired) electrons. The van der Waals surface area contributed by atoms with Crippen LogP contribution in [-0.2, 0) is 9.59 Å². The number of hydrogen-bond acceptors (Lipinski definition) is 3. The van der Waals surface area contributed by atoms with Crippen molar-refractivity contribution in [3.8, 4) is 0 Å². The number of nitrogens with one attached hydrogen (secondary N) is 2. The first kappa shape index (κ1) is 19.5. The summed E-state index contributed by atoms with van der Waals surface area (Å²) < 4.78 is 0. The fourth-order valence-corrected chi connectivity index (χ4v) is 3.09. The summed E-state index contributed by atoms with van der Waals surface area (Å²) in [5.41, 5.74) is 2.75. The summed E-state index contributed by atoms with van der Waals surface area (Å²) >= 11 is 6.03. The minimum Gasteiger partial charge on any atom is -0.480 e. The number of hydrogen-bond donors (Lipinski definition) is 3. The van der Waals surface area contributed by atoms with Crippen LogP contribution in [0.25, 0.3) is 0 Å². The number of carboxylic acids is 1. The molecule has 1 atom stereocenters. The lowest BCUT2D eigenvalue weighted by Gasteiger charge is -2.17. The molecule has 1 aromatic carbocycles. The number of carbonyl (C=O) groups is 2. The molecule has 1 aliphatic carbocycles. The highest BCUT2D eigenvalue weighted by Gasteiger charge is 2.21. The highest BCUT2D eigenvalue weighted by molar-refractivity contribution is 6.31. The summed E-state index contributed by atoms with van der Waals surface area (Å²) in [6, 6.07) is 4.34. The van der Waals surface area contributed by atoms with E-state index in [9.17, 15) is 14.7 Å². The Morgan fingerprint density at radius 3 is 2.80 bits per heavy atom. The highest BCUT2D eigenvalue weighted by Crippen LogP contribution is 2.23. The lowest BCUT2D eigenvalue weighted by Crippen LogP contribution is -2.40. The van der Waals surface area contributed by atoms with Crippen molar-refractivity contribution in [1.82, 2.24) is 5.32 Å². The van der Waals surface area contributed by atoms with Crippen LogP contribution in [0.2, 0.25) is 5.02 Å². The Kier molecular flexibility index (Phi) is 7.47. The molecule has 2 rings (SSSR count). The van der Waals surface area contributed by atoms with Gasteiger partial charge in [-0.25, -0.2) is 0 Å². The molecule has 1 aliphatic rings. The van der Waals surface area contributed by atoms with Crippen LogP contribution < -0.4 is 10.6 Å². The predicted octanol–water partition coefficient (Wildman–Crippen LogP) is 3.91. The van der Waals surface area contributed by atoms with Crippen molar-refractivity contribution in [3.05, 3.63) is 40.4 Å². The highest BCUT2D eigenvalue weighted by atomic mass is 35.5. The third kappa shape index (κ3) is 6.18. The molecular formula is C19H25ClN2O3. The molecule has 5 nitrogen and oxygen atoms in total. The molecule has 0 fully saturated rings. The molecule has 0 aromatic heterocycles. The first-order valence-electron chi connectivity index (χ1n) is 8.66. The average molecular weight is 365 g/mol. The predicted molar refractivity (Wildman–Crippen MR) is 100 cm³/mol. The van der Waals surface area contributed by atoms with Crippen LogP contribution in [0.15, 0.2) is 29.8 Å². The van der Waals surface area contributed by atoms with E-state index in [0.717, 1.165) is 24.8 Å². The first-order chi connectivity index (χ1) is 12.0. The van der Waals surface area contributed by atoms with E-state index in [0.29, 0.717) is 17.3 Å². The monoisotopic (exact) mass is 364 g/mol. The first-order valence-corrected chi connectivity index (χ1v) is 9.04. The molecule has 1 amide bonds. The van der Waals surface area contributed by atoms with E-state index in [2.05, 4.69) is 16.7 Å². The molecule has 25 heavy (non-hydrogen) atoms. The zero-order chi connectivity index (χ0) is 18.2. The van der Waals surface area contributed by atoms with E-state index in [4.69, 9.17) is 11.6 Å². The minimum absolute atomic E-state index is 0.125. The van der Waals surface area contributed by atoms with Gasteiger partial charge in [0.2, 0.25) is 5.91 Å². The van der Waals surface area contributed by atoms with Crippen LogP contribution in [0, 0.1) is 6.92 Å². The lowest BCUT2D eigenvalue weighted by molar-refractivity contribution is -0.141. The fourth-order valence-electron chi connectivity index (χ4n) is 2.91. The Balaban J connectivity index is 1.85. The Morgan fingerprint density at radius 1 is 1.32 bits per heavy atom. The van der Waals surface area contributed by atoms with Crippen molar-refractivity contribution in [1.29, 1.82) is 0 Å². The Morgan fingerprint density at radius 2 is 2.12 bits per heavy atom. The molecule has 0 spiro atoms. The largest absolute Gasteiger partial charge is 0.480 e. The van der Waals surface area contributed by atoms with Crippen LogP contribution in [0.4, 0.5) is 5.69 Å². The molecule has 136 valence electrons. The number of benzene rings is 1. The van der Waals surface area contributed by atoms with Crippen molar-refractivity contribution in [2.45, 2.75) is 51.5 Å². The second-order valence-corrected chi connectivity index (χ2v) is 6.77. The van der Waals surface area contributed by atoms with Crippen LogP contribution >= 0.6 is 11.6 Å². The number of carbonyl (C=O) groups excluding carboxylic acids is 1. The zero-order valence-corrected chi connectivity index (χ0v) is 15.2. The van der Waals surface area contributed by atoms with E-state index in [1.165, 1.54) is 18.4 Å². The number of rotatable bonds is 8. The fraction of sp³-hybridized carbons (Fsp3) is 0.474. The molecule has 0 bridgehead atoms. The van der Waals surface area contributed by atoms with E-state index in [1.54, 1.807) is 18.2 Å².